The summed E-state index contributed by atoms with van der Waals surface area (Å²) in [6.07, 6.45) is 0.851. The van der Waals surface area contributed by atoms with Gasteiger partial charge in [0.05, 0.1) is 17.6 Å². The van der Waals surface area contributed by atoms with Gasteiger partial charge < -0.3 is 15.8 Å². The number of non-ortho nitro benzene ring substituents is 1. The molecule has 6 heteroatoms. The number of nitro benzene ring substituents is 1. The van der Waals surface area contributed by atoms with Crippen molar-refractivity contribution in [3.05, 3.63) is 28.3 Å². The Hall–Kier alpha value is -1.82. The van der Waals surface area contributed by atoms with E-state index in [4.69, 9.17) is 10.5 Å². The normalized spacial score (nSPS) is 12.2. The Kier molecular flexibility index (Phi) is 6.24. The molecule has 0 amide bonds. The standard InChI is InChI=1S/C14H23N3O3/c1-4-5-20-13-7-11(6-12(8-13)17(18)19)16-9-14(15)10(2)3/h6-8,10,14,16H,4-5,9,15H2,1-3H3. The molecule has 3 N–H and O–H groups in total. The molecule has 0 saturated heterocycles. The van der Waals surface area contributed by atoms with E-state index in [-0.39, 0.29) is 11.7 Å². The minimum Gasteiger partial charge on any atom is -0.493 e. The molecular formula is C14H23N3O3. The first-order valence-electron chi connectivity index (χ1n) is 6.85. The van der Waals surface area contributed by atoms with Gasteiger partial charge in [-0.3, -0.25) is 10.1 Å². The number of ether oxygens (including phenoxy) is 1. The maximum absolute atomic E-state index is 10.9. The minimum absolute atomic E-state index is 0.00530. The third-order valence-corrected chi connectivity index (χ3v) is 2.97. The van der Waals surface area contributed by atoms with Crippen molar-refractivity contribution in [2.45, 2.75) is 33.2 Å². The topological polar surface area (TPSA) is 90.4 Å². The van der Waals surface area contributed by atoms with E-state index in [2.05, 4.69) is 5.32 Å². The predicted octanol–water partition coefficient (Wildman–Crippen LogP) is 2.78. The van der Waals surface area contributed by atoms with E-state index in [9.17, 15) is 10.1 Å². The molecule has 1 aromatic carbocycles. The number of anilines is 1. The molecule has 1 aromatic rings. The van der Waals surface area contributed by atoms with Gasteiger partial charge in [-0.15, -0.1) is 0 Å². The molecule has 0 radical (unpaired) electrons. The van der Waals surface area contributed by atoms with Crippen molar-refractivity contribution in [2.75, 3.05) is 18.5 Å². The summed E-state index contributed by atoms with van der Waals surface area (Å²) in [5.41, 5.74) is 6.62. The molecule has 1 rings (SSSR count). The SMILES string of the molecule is CCCOc1cc(NCC(N)C(C)C)cc([N+](=O)[O-])c1. The van der Waals surface area contributed by atoms with E-state index < -0.39 is 4.92 Å². The van der Waals surface area contributed by atoms with Crippen LogP contribution < -0.4 is 15.8 Å². The van der Waals surface area contributed by atoms with Gasteiger partial charge >= 0.3 is 0 Å². The van der Waals surface area contributed by atoms with Crippen molar-refractivity contribution in [1.29, 1.82) is 0 Å². The fraction of sp³-hybridized carbons (Fsp3) is 0.571. The number of benzene rings is 1. The van der Waals surface area contributed by atoms with E-state index in [0.29, 0.717) is 30.5 Å². The zero-order valence-electron chi connectivity index (χ0n) is 12.3. The van der Waals surface area contributed by atoms with Crippen LogP contribution in [-0.4, -0.2) is 24.1 Å². The Morgan fingerprint density at radius 2 is 2.10 bits per heavy atom. The Morgan fingerprint density at radius 3 is 2.65 bits per heavy atom. The van der Waals surface area contributed by atoms with Gasteiger partial charge in [0.25, 0.3) is 5.69 Å². The molecule has 0 saturated carbocycles. The number of hydrogen-bond acceptors (Lipinski definition) is 5. The average Bonchev–Trinajstić information content (AvgIpc) is 2.42. The highest BCUT2D eigenvalue weighted by atomic mass is 16.6. The molecule has 6 nitrogen and oxygen atoms in total. The quantitative estimate of drug-likeness (QED) is 0.565. The molecule has 112 valence electrons. The van der Waals surface area contributed by atoms with Crippen LogP contribution in [0.2, 0.25) is 0 Å². The lowest BCUT2D eigenvalue weighted by Crippen LogP contribution is -2.33. The number of nitrogens with two attached hydrogens (primary N) is 1. The van der Waals surface area contributed by atoms with Crippen molar-refractivity contribution in [3.8, 4) is 5.75 Å². The van der Waals surface area contributed by atoms with Crippen LogP contribution in [0.25, 0.3) is 0 Å². The van der Waals surface area contributed by atoms with Crippen LogP contribution in [0.1, 0.15) is 27.2 Å². The second kappa shape index (κ2) is 7.69. The van der Waals surface area contributed by atoms with Crippen molar-refractivity contribution in [1.82, 2.24) is 0 Å². The second-order valence-corrected chi connectivity index (χ2v) is 5.11. The van der Waals surface area contributed by atoms with Crippen molar-refractivity contribution < 1.29 is 9.66 Å². The first kappa shape index (κ1) is 16.2. The van der Waals surface area contributed by atoms with Gasteiger partial charge in [0, 0.05) is 30.4 Å². The molecule has 0 aliphatic heterocycles. The fourth-order valence-corrected chi connectivity index (χ4v) is 1.57. The van der Waals surface area contributed by atoms with Crippen LogP contribution in [0, 0.1) is 16.0 Å². The van der Waals surface area contributed by atoms with Crippen LogP contribution in [0.15, 0.2) is 18.2 Å². The number of nitrogens with one attached hydrogen (secondary N) is 1. The number of hydrogen-bond donors (Lipinski definition) is 2. The molecule has 0 aliphatic rings. The van der Waals surface area contributed by atoms with Gasteiger partial charge in [-0.1, -0.05) is 20.8 Å². The number of nitrogens with zero attached hydrogens (tertiary/aromatic N) is 1. The molecule has 1 unspecified atom stereocenters. The third kappa shape index (κ3) is 5.05. The molecule has 0 spiro atoms. The highest BCUT2D eigenvalue weighted by molar-refractivity contribution is 5.56. The van der Waals surface area contributed by atoms with Crippen LogP contribution in [-0.2, 0) is 0 Å². The fourth-order valence-electron chi connectivity index (χ4n) is 1.57. The molecule has 1 atom stereocenters. The molecule has 0 fully saturated rings. The summed E-state index contributed by atoms with van der Waals surface area (Å²) >= 11 is 0. The molecule has 20 heavy (non-hydrogen) atoms. The lowest BCUT2D eigenvalue weighted by atomic mass is 10.1. The van der Waals surface area contributed by atoms with E-state index >= 15 is 0 Å². The van der Waals surface area contributed by atoms with E-state index in [1.165, 1.54) is 12.1 Å². The summed E-state index contributed by atoms with van der Waals surface area (Å²) in [5, 5.41) is 14.1. The Bertz CT molecular complexity index is 449. The summed E-state index contributed by atoms with van der Waals surface area (Å²) < 4.78 is 5.47. The zero-order valence-corrected chi connectivity index (χ0v) is 12.3. The Labute approximate surface area is 119 Å². The molecule has 0 bridgehead atoms. The highest BCUT2D eigenvalue weighted by Crippen LogP contribution is 2.26. The van der Waals surface area contributed by atoms with Crippen LogP contribution in [0.5, 0.6) is 5.75 Å². The zero-order chi connectivity index (χ0) is 15.1. The van der Waals surface area contributed by atoms with Crippen molar-refractivity contribution in [3.63, 3.8) is 0 Å². The maximum Gasteiger partial charge on any atom is 0.275 e. The second-order valence-electron chi connectivity index (χ2n) is 5.11. The molecule has 0 heterocycles. The van der Waals surface area contributed by atoms with Gasteiger partial charge in [0.15, 0.2) is 0 Å². The van der Waals surface area contributed by atoms with Gasteiger partial charge in [-0.2, -0.15) is 0 Å². The monoisotopic (exact) mass is 281 g/mol. The maximum atomic E-state index is 10.9. The lowest BCUT2D eigenvalue weighted by molar-refractivity contribution is -0.384. The summed E-state index contributed by atoms with van der Waals surface area (Å²) in [6, 6.07) is 4.68. The average molecular weight is 281 g/mol. The molecular weight excluding hydrogens is 258 g/mol. The predicted molar refractivity (Wildman–Crippen MR) is 80.2 cm³/mol. The summed E-state index contributed by atoms with van der Waals surface area (Å²) in [6.45, 7) is 7.15. The Morgan fingerprint density at radius 1 is 1.40 bits per heavy atom. The van der Waals surface area contributed by atoms with Crippen LogP contribution in [0.3, 0.4) is 0 Å². The van der Waals surface area contributed by atoms with E-state index in [1.54, 1.807) is 6.07 Å². The summed E-state index contributed by atoms with van der Waals surface area (Å²) in [5.74, 6) is 0.846. The molecule has 0 aromatic heterocycles. The van der Waals surface area contributed by atoms with Crippen LogP contribution >= 0.6 is 0 Å². The first-order chi connectivity index (χ1) is 9.43. The smallest absolute Gasteiger partial charge is 0.275 e. The van der Waals surface area contributed by atoms with Gasteiger partial charge in [-0.05, 0) is 12.3 Å². The Balaban J connectivity index is 2.82. The van der Waals surface area contributed by atoms with Gasteiger partial charge in [0.1, 0.15) is 5.75 Å². The van der Waals surface area contributed by atoms with E-state index in [1.807, 2.05) is 20.8 Å². The van der Waals surface area contributed by atoms with Gasteiger partial charge in [-0.25, -0.2) is 0 Å². The lowest BCUT2D eigenvalue weighted by Gasteiger charge is -2.17. The first-order valence-corrected chi connectivity index (χ1v) is 6.85. The van der Waals surface area contributed by atoms with Crippen molar-refractivity contribution >= 4 is 11.4 Å². The van der Waals surface area contributed by atoms with Crippen LogP contribution in [0.4, 0.5) is 11.4 Å². The number of rotatable bonds is 8. The minimum atomic E-state index is -0.424. The number of nitro groups is 1. The third-order valence-electron chi connectivity index (χ3n) is 2.97. The molecule has 0 aliphatic carbocycles. The van der Waals surface area contributed by atoms with E-state index in [0.717, 1.165) is 6.42 Å². The summed E-state index contributed by atoms with van der Waals surface area (Å²) in [4.78, 5) is 10.5. The largest absolute Gasteiger partial charge is 0.493 e. The highest BCUT2D eigenvalue weighted by Gasteiger charge is 2.12. The summed E-state index contributed by atoms with van der Waals surface area (Å²) in [7, 11) is 0. The van der Waals surface area contributed by atoms with Gasteiger partial charge in [0.2, 0.25) is 0 Å². The van der Waals surface area contributed by atoms with Crippen molar-refractivity contribution in [2.24, 2.45) is 11.7 Å².